The lowest BCUT2D eigenvalue weighted by molar-refractivity contribution is 0.478. The summed E-state index contributed by atoms with van der Waals surface area (Å²) in [7, 11) is 0. The van der Waals surface area contributed by atoms with Crippen LogP contribution in [-0.4, -0.2) is 6.54 Å². The van der Waals surface area contributed by atoms with Crippen molar-refractivity contribution < 1.29 is 4.74 Å². The Morgan fingerprint density at radius 1 is 1.10 bits per heavy atom. The van der Waals surface area contributed by atoms with Gasteiger partial charge in [0.15, 0.2) is 0 Å². The third kappa shape index (κ3) is 4.13. The van der Waals surface area contributed by atoms with Crippen LogP contribution in [0.5, 0.6) is 11.5 Å². The summed E-state index contributed by atoms with van der Waals surface area (Å²) in [5.41, 5.74) is 1.20. The average Bonchev–Trinajstić information content (AvgIpc) is 2.50. The van der Waals surface area contributed by atoms with Crippen molar-refractivity contribution in [1.82, 2.24) is 5.32 Å². The van der Waals surface area contributed by atoms with Gasteiger partial charge in [-0.15, -0.1) is 0 Å². The molecule has 0 fully saturated rings. The molecule has 0 aliphatic heterocycles. The molecular formula is C17H19Cl2NO. The molecule has 0 aliphatic carbocycles. The zero-order valence-electron chi connectivity index (χ0n) is 12.2. The normalized spacial score (nSPS) is 12.2. The number of hydrogen-bond donors (Lipinski definition) is 1. The van der Waals surface area contributed by atoms with E-state index in [9.17, 15) is 0 Å². The van der Waals surface area contributed by atoms with Crippen LogP contribution in [0.3, 0.4) is 0 Å². The van der Waals surface area contributed by atoms with Crippen LogP contribution in [0.1, 0.15) is 31.9 Å². The first-order valence-electron chi connectivity index (χ1n) is 7.10. The molecule has 2 nitrogen and oxygen atoms in total. The first-order valence-corrected chi connectivity index (χ1v) is 7.86. The Hall–Kier alpha value is -1.22. The minimum absolute atomic E-state index is 0.327. The van der Waals surface area contributed by atoms with Crippen LogP contribution in [0.4, 0.5) is 0 Å². The lowest BCUT2D eigenvalue weighted by atomic mass is 10.0. The van der Waals surface area contributed by atoms with Crippen molar-refractivity contribution in [2.24, 2.45) is 0 Å². The van der Waals surface area contributed by atoms with Gasteiger partial charge in [0.25, 0.3) is 0 Å². The largest absolute Gasteiger partial charge is 0.456 e. The Kier molecular flexibility index (Phi) is 5.92. The maximum absolute atomic E-state index is 6.15. The van der Waals surface area contributed by atoms with Gasteiger partial charge >= 0.3 is 0 Å². The zero-order chi connectivity index (χ0) is 15.2. The quantitative estimate of drug-likeness (QED) is 0.720. The Morgan fingerprint density at radius 2 is 1.86 bits per heavy atom. The molecule has 112 valence electrons. The zero-order valence-corrected chi connectivity index (χ0v) is 13.7. The molecule has 0 aliphatic rings. The van der Waals surface area contributed by atoms with E-state index in [1.54, 1.807) is 6.07 Å². The van der Waals surface area contributed by atoms with E-state index < -0.39 is 0 Å². The molecule has 0 spiro atoms. The van der Waals surface area contributed by atoms with E-state index in [1.807, 2.05) is 30.3 Å². The SMILES string of the molecule is CCNC(CC)c1cccc(Oc2cccc(Cl)c2Cl)c1. The molecule has 1 atom stereocenters. The second-order valence-corrected chi connectivity index (χ2v) is 5.53. The van der Waals surface area contributed by atoms with Gasteiger partial charge in [-0.05, 0) is 42.8 Å². The fourth-order valence-electron chi connectivity index (χ4n) is 2.23. The highest BCUT2D eigenvalue weighted by Gasteiger charge is 2.10. The summed E-state index contributed by atoms with van der Waals surface area (Å²) in [6, 6.07) is 13.7. The van der Waals surface area contributed by atoms with E-state index in [0.29, 0.717) is 21.8 Å². The monoisotopic (exact) mass is 323 g/mol. The fourth-order valence-corrected chi connectivity index (χ4v) is 2.56. The second-order valence-electron chi connectivity index (χ2n) is 4.75. The van der Waals surface area contributed by atoms with Gasteiger partial charge in [-0.2, -0.15) is 0 Å². The van der Waals surface area contributed by atoms with Crippen molar-refractivity contribution in [3.05, 3.63) is 58.1 Å². The molecule has 0 radical (unpaired) electrons. The average molecular weight is 324 g/mol. The molecule has 2 rings (SSSR count). The first kappa shape index (κ1) is 16.2. The number of rotatable bonds is 6. The summed E-state index contributed by atoms with van der Waals surface area (Å²) in [6.45, 7) is 5.20. The summed E-state index contributed by atoms with van der Waals surface area (Å²) in [6.07, 6.45) is 1.02. The topological polar surface area (TPSA) is 21.3 Å². The van der Waals surface area contributed by atoms with Crippen molar-refractivity contribution in [1.29, 1.82) is 0 Å². The maximum atomic E-state index is 6.15. The summed E-state index contributed by atoms with van der Waals surface area (Å²) in [4.78, 5) is 0. The molecule has 4 heteroatoms. The predicted molar refractivity (Wildman–Crippen MR) is 89.7 cm³/mol. The minimum atomic E-state index is 0.327. The Balaban J connectivity index is 2.23. The van der Waals surface area contributed by atoms with E-state index in [1.165, 1.54) is 5.56 Å². The molecule has 0 saturated carbocycles. The van der Waals surface area contributed by atoms with Crippen LogP contribution < -0.4 is 10.1 Å². The third-order valence-corrected chi connectivity index (χ3v) is 4.06. The van der Waals surface area contributed by atoms with Crippen LogP contribution in [0.25, 0.3) is 0 Å². The van der Waals surface area contributed by atoms with Gasteiger partial charge < -0.3 is 10.1 Å². The van der Waals surface area contributed by atoms with Crippen LogP contribution in [0.2, 0.25) is 10.0 Å². The van der Waals surface area contributed by atoms with Gasteiger partial charge in [0.05, 0.1) is 5.02 Å². The number of benzene rings is 2. The van der Waals surface area contributed by atoms with Gasteiger partial charge in [0.1, 0.15) is 16.5 Å². The van der Waals surface area contributed by atoms with E-state index in [4.69, 9.17) is 27.9 Å². The van der Waals surface area contributed by atoms with Crippen molar-refractivity contribution >= 4 is 23.2 Å². The van der Waals surface area contributed by atoms with Crippen molar-refractivity contribution in [3.63, 3.8) is 0 Å². The number of ether oxygens (including phenoxy) is 1. The van der Waals surface area contributed by atoms with Crippen LogP contribution in [0, 0.1) is 0 Å². The molecule has 0 bridgehead atoms. The fraction of sp³-hybridized carbons (Fsp3) is 0.294. The van der Waals surface area contributed by atoms with Crippen molar-refractivity contribution in [2.75, 3.05) is 6.54 Å². The lowest BCUT2D eigenvalue weighted by Crippen LogP contribution is -2.19. The Bertz CT molecular complexity index is 601. The van der Waals surface area contributed by atoms with Crippen LogP contribution in [-0.2, 0) is 0 Å². The molecule has 0 aromatic heterocycles. The summed E-state index contributed by atoms with van der Waals surface area (Å²) in [5, 5.41) is 4.38. The molecular weight excluding hydrogens is 305 g/mol. The number of hydrogen-bond acceptors (Lipinski definition) is 2. The number of halogens is 2. The van der Waals surface area contributed by atoms with E-state index in [-0.39, 0.29) is 0 Å². The van der Waals surface area contributed by atoms with Crippen molar-refractivity contribution in [3.8, 4) is 11.5 Å². The summed E-state index contributed by atoms with van der Waals surface area (Å²) in [5.74, 6) is 1.32. The number of nitrogens with one attached hydrogen (secondary N) is 1. The molecule has 2 aromatic carbocycles. The molecule has 0 amide bonds. The third-order valence-electron chi connectivity index (χ3n) is 3.26. The highest BCUT2D eigenvalue weighted by atomic mass is 35.5. The molecule has 2 aromatic rings. The molecule has 1 N–H and O–H groups in total. The molecule has 1 unspecified atom stereocenters. The van der Waals surface area contributed by atoms with E-state index in [0.717, 1.165) is 18.7 Å². The molecule has 0 heterocycles. The summed E-state index contributed by atoms with van der Waals surface area (Å²) >= 11 is 12.2. The Labute approximate surface area is 136 Å². The van der Waals surface area contributed by atoms with Gasteiger partial charge in [0.2, 0.25) is 0 Å². The minimum Gasteiger partial charge on any atom is -0.456 e. The Morgan fingerprint density at radius 3 is 2.57 bits per heavy atom. The van der Waals surface area contributed by atoms with Crippen LogP contribution in [0.15, 0.2) is 42.5 Å². The van der Waals surface area contributed by atoms with Crippen LogP contribution >= 0.6 is 23.2 Å². The smallest absolute Gasteiger partial charge is 0.147 e. The first-order chi connectivity index (χ1) is 10.2. The predicted octanol–water partition coefficient (Wildman–Crippen LogP) is 5.85. The van der Waals surface area contributed by atoms with Gasteiger partial charge in [-0.3, -0.25) is 0 Å². The molecule has 0 saturated heterocycles. The van der Waals surface area contributed by atoms with Gasteiger partial charge in [0, 0.05) is 6.04 Å². The maximum Gasteiger partial charge on any atom is 0.147 e. The van der Waals surface area contributed by atoms with Crippen molar-refractivity contribution in [2.45, 2.75) is 26.3 Å². The van der Waals surface area contributed by atoms with Gasteiger partial charge in [-0.25, -0.2) is 0 Å². The molecule has 21 heavy (non-hydrogen) atoms. The lowest BCUT2D eigenvalue weighted by Gasteiger charge is -2.17. The standard InChI is InChI=1S/C17H19Cl2NO/c1-3-15(20-4-2)12-7-5-8-13(11-12)21-16-10-6-9-14(18)17(16)19/h5-11,15,20H,3-4H2,1-2H3. The summed E-state index contributed by atoms with van der Waals surface area (Å²) < 4.78 is 5.86. The second kappa shape index (κ2) is 7.69. The highest BCUT2D eigenvalue weighted by Crippen LogP contribution is 2.35. The highest BCUT2D eigenvalue weighted by molar-refractivity contribution is 6.42. The van der Waals surface area contributed by atoms with E-state index in [2.05, 4.69) is 25.2 Å². The van der Waals surface area contributed by atoms with Gasteiger partial charge in [-0.1, -0.05) is 55.2 Å². The van der Waals surface area contributed by atoms with E-state index >= 15 is 0 Å².